The number of hydrogen-bond acceptors (Lipinski definition) is 15. The van der Waals surface area contributed by atoms with Crippen molar-refractivity contribution in [2.45, 2.75) is 446 Å². The molecule has 0 amide bonds. The van der Waals surface area contributed by atoms with Crippen LogP contribution >= 0.6 is 15.6 Å². The Morgan fingerprint density at radius 2 is 0.471 bits per heavy atom. The third-order valence-corrected chi connectivity index (χ3v) is 21.6. The first kappa shape index (κ1) is 100. The number of aliphatic hydroxyl groups excluding tert-OH is 1. The Hall–Kier alpha value is -1.94. The highest BCUT2D eigenvalue weighted by Gasteiger charge is 2.30. The minimum absolute atomic E-state index is 0.106. The first-order valence-corrected chi connectivity index (χ1v) is 45.7. The summed E-state index contributed by atoms with van der Waals surface area (Å²) in [5, 5.41) is 10.7. The third-order valence-electron chi connectivity index (χ3n) is 19.7. The van der Waals surface area contributed by atoms with E-state index in [4.69, 9.17) is 37.0 Å². The fourth-order valence-corrected chi connectivity index (χ4v) is 14.3. The van der Waals surface area contributed by atoms with E-state index in [1.54, 1.807) is 0 Å². The Balaban J connectivity index is 5.20. The van der Waals surface area contributed by atoms with Gasteiger partial charge in [0, 0.05) is 25.7 Å². The predicted octanol–water partition coefficient (Wildman–Crippen LogP) is 24.8. The summed E-state index contributed by atoms with van der Waals surface area (Å²) in [6.07, 6.45) is 59.7. The first-order valence-electron chi connectivity index (χ1n) is 42.7. The smallest absolute Gasteiger partial charge is 0.462 e. The van der Waals surface area contributed by atoms with E-state index in [1.165, 1.54) is 225 Å². The number of ether oxygens (including phenoxy) is 4. The molecule has 0 aliphatic carbocycles. The molecule has 0 spiro atoms. The van der Waals surface area contributed by atoms with Crippen molar-refractivity contribution in [2.24, 2.45) is 23.7 Å². The molecule has 0 rings (SSSR count). The van der Waals surface area contributed by atoms with Gasteiger partial charge in [0.15, 0.2) is 12.2 Å². The summed E-state index contributed by atoms with van der Waals surface area (Å²) in [5.74, 6) is 1.01. The van der Waals surface area contributed by atoms with Gasteiger partial charge in [-0.3, -0.25) is 37.3 Å². The molecule has 0 radical (unpaired) electrons. The van der Waals surface area contributed by atoms with Gasteiger partial charge < -0.3 is 33.8 Å². The highest BCUT2D eigenvalue weighted by Crippen LogP contribution is 2.45. The summed E-state index contributed by atoms with van der Waals surface area (Å²) >= 11 is 0. The van der Waals surface area contributed by atoms with Crippen molar-refractivity contribution in [3.8, 4) is 0 Å². The van der Waals surface area contributed by atoms with E-state index >= 15 is 0 Å². The quantitative estimate of drug-likeness (QED) is 0.0222. The van der Waals surface area contributed by atoms with Crippen molar-refractivity contribution < 1.29 is 80.2 Å². The van der Waals surface area contributed by atoms with E-state index in [1.807, 2.05) is 0 Å². The molecule has 17 nitrogen and oxygen atoms in total. The van der Waals surface area contributed by atoms with E-state index in [9.17, 15) is 43.2 Å². The Kier molecular flexibility index (Phi) is 70.6. The van der Waals surface area contributed by atoms with Crippen LogP contribution in [0.1, 0.15) is 428 Å². The standard InChI is InChI=1S/C83H162O17P2/c1-9-76(8)62-54-46-38-30-26-27-33-41-50-58-66-83(88)99-78(69-93-80(85)63-55-47-39-31-24-20-15-13-11-10-12-14-18-22-28-35-43-51-59-73(2)3)71-97-101(89,90)95-67-77(84)68-96-102(91,92)98-72-79(70-94-81(86)64-56-48-42-34-37-45-53-61-75(6)7)100-82(87)65-57-49-40-32-25-21-17-16-19-23-29-36-44-52-60-74(4)5/h73-79,84H,9-72H2,1-8H3,(H,89,90)(H,91,92)/t76?,77?,78-,79-/m1/s1. The van der Waals surface area contributed by atoms with Gasteiger partial charge in [-0.1, -0.05) is 376 Å². The number of esters is 4. The van der Waals surface area contributed by atoms with Crippen LogP contribution in [-0.4, -0.2) is 96.7 Å². The largest absolute Gasteiger partial charge is 0.472 e. The van der Waals surface area contributed by atoms with E-state index in [0.29, 0.717) is 31.6 Å². The molecule has 606 valence electrons. The zero-order valence-electron chi connectivity index (χ0n) is 67.2. The molecular formula is C83H162O17P2. The Bertz CT molecular complexity index is 1990. The van der Waals surface area contributed by atoms with Crippen molar-refractivity contribution >= 4 is 39.5 Å². The summed E-state index contributed by atoms with van der Waals surface area (Å²) in [4.78, 5) is 73.1. The second-order valence-electron chi connectivity index (χ2n) is 31.5. The normalized spacial score (nSPS) is 14.3. The molecule has 0 saturated carbocycles. The second-order valence-corrected chi connectivity index (χ2v) is 34.4. The maximum Gasteiger partial charge on any atom is 0.472 e. The third kappa shape index (κ3) is 74.9. The number of carbonyl (C=O) groups is 4. The van der Waals surface area contributed by atoms with Crippen LogP contribution in [0.15, 0.2) is 0 Å². The molecule has 0 aromatic carbocycles. The zero-order valence-corrected chi connectivity index (χ0v) is 69.0. The van der Waals surface area contributed by atoms with Crippen LogP contribution in [0.2, 0.25) is 0 Å². The highest BCUT2D eigenvalue weighted by molar-refractivity contribution is 7.47. The number of carbonyl (C=O) groups excluding carboxylic acids is 4. The van der Waals surface area contributed by atoms with Gasteiger partial charge in [0.2, 0.25) is 0 Å². The average molecular weight is 1490 g/mol. The van der Waals surface area contributed by atoms with E-state index in [2.05, 4.69) is 55.4 Å². The molecule has 4 unspecified atom stereocenters. The molecule has 0 bridgehead atoms. The molecule has 0 aliphatic rings. The predicted molar refractivity (Wildman–Crippen MR) is 418 cm³/mol. The van der Waals surface area contributed by atoms with Crippen LogP contribution in [0.3, 0.4) is 0 Å². The number of aliphatic hydroxyl groups is 1. The van der Waals surface area contributed by atoms with Crippen LogP contribution in [0, 0.1) is 23.7 Å². The second kappa shape index (κ2) is 72.0. The van der Waals surface area contributed by atoms with Gasteiger partial charge in [0.05, 0.1) is 26.4 Å². The first-order chi connectivity index (χ1) is 49.1. The Morgan fingerprint density at radius 1 is 0.275 bits per heavy atom. The number of phosphoric acid groups is 2. The molecule has 0 fully saturated rings. The molecule has 102 heavy (non-hydrogen) atoms. The fourth-order valence-electron chi connectivity index (χ4n) is 12.8. The Morgan fingerprint density at radius 3 is 0.696 bits per heavy atom. The average Bonchev–Trinajstić information content (AvgIpc) is 1.01. The Labute approximate surface area is 626 Å². The lowest BCUT2D eigenvalue weighted by molar-refractivity contribution is -0.161. The van der Waals surface area contributed by atoms with E-state index in [0.717, 1.165) is 114 Å². The van der Waals surface area contributed by atoms with Crippen molar-refractivity contribution in [2.75, 3.05) is 39.6 Å². The summed E-state index contributed by atoms with van der Waals surface area (Å²) < 4.78 is 68.8. The molecule has 19 heteroatoms. The van der Waals surface area contributed by atoms with Gasteiger partial charge in [-0.05, 0) is 49.4 Å². The summed E-state index contributed by atoms with van der Waals surface area (Å²) in [7, 11) is -9.92. The van der Waals surface area contributed by atoms with Crippen molar-refractivity contribution in [1.82, 2.24) is 0 Å². The number of hydrogen-bond donors (Lipinski definition) is 3. The number of rotatable bonds is 80. The van der Waals surface area contributed by atoms with E-state index in [-0.39, 0.29) is 25.7 Å². The summed E-state index contributed by atoms with van der Waals surface area (Å²) in [5.41, 5.74) is 0. The molecule has 0 aliphatic heterocycles. The monoisotopic (exact) mass is 1490 g/mol. The van der Waals surface area contributed by atoms with Crippen LogP contribution in [0.5, 0.6) is 0 Å². The number of unbranched alkanes of at least 4 members (excludes halogenated alkanes) is 45. The lowest BCUT2D eigenvalue weighted by atomic mass is 9.99. The SMILES string of the molecule is CCC(C)CCCCCCCCCCCCC(=O)O[C@H](COC(=O)CCCCCCCCCCCCCCCCCCCCC(C)C)COP(=O)(O)OCC(O)COP(=O)(O)OC[C@@H](COC(=O)CCCCCCCCCC(C)C)OC(=O)CCCCCCCCCCCCCCCCC(C)C. The van der Waals surface area contributed by atoms with Crippen LogP contribution in [0.4, 0.5) is 0 Å². The van der Waals surface area contributed by atoms with Gasteiger partial charge >= 0.3 is 39.5 Å². The van der Waals surface area contributed by atoms with Gasteiger partial charge in [-0.25, -0.2) is 9.13 Å². The van der Waals surface area contributed by atoms with Gasteiger partial charge in [-0.2, -0.15) is 0 Å². The summed E-state index contributed by atoms with van der Waals surface area (Å²) in [6, 6.07) is 0. The van der Waals surface area contributed by atoms with Crippen LogP contribution in [-0.2, 0) is 65.4 Å². The lowest BCUT2D eigenvalue weighted by Crippen LogP contribution is -2.30. The minimum Gasteiger partial charge on any atom is -0.462 e. The van der Waals surface area contributed by atoms with Gasteiger partial charge in [0.1, 0.15) is 19.3 Å². The van der Waals surface area contributed by atoms with Gasteiger partial charge in [0.25, 0.3) is 0 Å². The number of phosphoric ester groups is 2. The zero-order chi connectivity index (χ0) is 75.3. The minimum atomic E-state index is -4.96. The molecule has 0 aromatic heterocycles. The molecule has 6 atom stereocenters. The fraction of sp³-hybridized carbons (Fsp3) is 0.952. The van der Waals surface area contributed by atoms with E-state index < -0.39 is 97.5 Å². The van der Waals surface area contributed by atoms with Crippen molar-refractivity contribution in [3.05, 3.63) is 0 Å². The van der Waals surface area contributed by atoms with Crippen molar-refractivity contribution in [1.29, 1.82) is 0 Å². The van der Waals surface area contributed by atoms with Crippen LogP contribution in [0.25, 0.3) is 0 Å². The highest BCUT2D eigenvalue weighted by atomic mass is 31.2. The van der Waals surface area contributed by atoms with Crippen LogP contribution < -0.4 is 0 Å². The molecule has 0 heterocycles. The summed E-state index contributed by atoms with van der Waals surface area (Å²) in [6.45, 7) is 14.3. The van der Waals surface area contributed by atoms with Crippen molar-refractivity contribution in [3.63, 3.8) is 0 Å². The molecular weight excluding hydrogens is 1330 g/mol. The maximum atomic E-state index is 13.1. The topological polar surface area (TPSA) is 237 Å². The molecule has 3 N–H and O–H groups in total. The lowest BCUT2D eigenvalue weighted by Gasteiger charge is -2.21. The molecule has 0 aromatic rings. The van der Waals surface area contributed by atoms with Gasteiger partial charge in [-0.15, -0.1) is 0 Å². The molecule has 0 saturated heterocycles. The maximum absolute atomic E-state index is 13.1.